The van der Waals surface area contributed by atoms with Crippen molar-refractivity contribution in [3.05, 3.63) is 53.6 Å². The molecule has 0 saturated heterocycles. The Kier molecular flexibility index (Phi) is 5.17. The van der Waals surface area contributed by atoms with Crippen LogP contribution in [-0.4, -0.2) is 33.4 Å². The minimum absolute atomic E-state index is 0.139. The Bertz CT molecular complexity index is 942. The van der Waals surface area contributed by atoms with Gasteiger partial charge in [-0.15, -0.1) is 0 Å². The topological polar surface area (TPSA) is 38.1 Å². The van der Waals surface area contributed by atoms with Crippen LogP contribution in [0.15, 0.2) is 48.5 Å². The Morgan fingerprint density at radius 2 is 1.81 bits per heavy atom. The molecule has 5 heteroatoms. The van der Waals surface area contributed by atoms with Gasteiger partial charge in [0.05, 0.1) is 11.0 Å². The molecule has 1 amide bonds. The van der Waals surface area contributed by atoms with E-state index in [1.165, 1.54) is 19.3 Å². The standard InChI is InChI=1S/C22H24ClN3O/c1-25(18-7-3-2-4-8-18)21(27)15-26-20-10-6-5-9-19(20)24-22(26)16-11-13-17(23)14-12-16/h5-6,9-14,18H,2-4,7-8,15H2,1H3. The fourth-order valence-corrected chi connectivity index (χ4v) is 4.10. The Labute approximate surface area is 164 Å². The minimum atomic E-state index is 0.139. The van der Waals surface area contributed by atoms with Gasteiger partial charge in [-0.2, -0.15) is 0 Å². The Hall–Kier alpha value is -2.33. The fourth-order valence-electron chi connectivity index (χ4n) is 3.97. The van der Waals surface area contributed by atoms with Gasteiger partial charge in [0.2, 0.25) is 5.91 Å². The van der Waals surface area contributed by atoms with Crippen molar-refractivity contribution < 1.29 is 4.79 Å². The number of nitrogens with zero attached hydrogens (tertiary/aromatic N) is 3. The molecule has 0 bridgehead atoms. The Morgan fingerprint density at radius 3 is 2.56 bits per heavy atom. The lowest BCUT2D eigenvalue weighted by atomic mass is 9.94. The molecular formula is C22H24ClN3O. The number of halogens is 1. The second-order valence-electron chi connectivity index (χ2n) is 7.31. The summed E-state index contributed by atoms with van der Waals surface area (Å²) in [5.74, 6) is 0.943. The van der Waals surface area contributed by atoms with Crippen LogP contribution in [-0.2, 0) is 11.3 Å². The van der Waals surface area contributed by atoms with Crippen LogP contribution >= 0.6 is 11.6 Å². The molecule has 3 aromatic rings. The van der Waals surface area contributed by atoms with Crippen molar-refractivity contribution in [2.75, 3.05) is 7.05 Å². The molecule has 1 aliphatic rings. The molecule has 2 aromatic carbocycles. The number of hydrogen-bond acceptors (Lipinski definition) is 2. The average Bonchev–Trinajstić information content (AvgIpc) is 3.07. The largest absolute Gasteiger partial charge is 0.341 e. The third kappa shape index (κ3) is 3.72. The van der Waals surface area contributed by atoms with E-state index in [2.05, 4.69) is 0 Å². The quantitative estimate of drug-likeness (QED) is 0.627. The highest BCUT2D eigenvalue weighted by atomic mass is 35.5. The first-order valence-corrected chi connectivity index (χ1v) is 9.98. The van der Waals surface area contributed by atoms with E-state index in [0.29, 0.717) is 17.6 Å². The molecule has 4 rings (SSSR count). The van der Waals surface area contributed by atoms with E-state index < -0.39 is 0 Å². The van der Waals surface area contributed by atoms with Gasteiger partial charge in [0, 0.05) is 23.7 Å². The summed E-state index contributed by atoms with van der Waals surface area (Å²) in [6.45, 7) is 0.297. The van der Waals surface area contributed by atoms with Crippen LogP contribution in [0.4, 0.5) is 0 Å². The van der Waals surface area contributed by atoms with Crippen LogP contribution in [0.25, 0.3) is 22.4 Å². The van der Waals surface area contributed by atoms with Crippen molar-refractivity contribution in [3.63, 3.8) is 0 Å². The number of para-hydroxylation sites is 2. The maximum absolute atomic E-state index is 13.0. The van der Waals surface area contributed by atoms with Crippen molar-refractivity contribution in [2.24, 2.45) is 0 Å². The smallest absolute Gasteiger partial charge is 0.242 e. The van der Waals surface area contributed by atoms with E-state index in [0.717, 1.165) is 35.3 Å². The van der Waals surface area contributed by atoms with Crippen LogP contribution in [0.5, 0.6) is 0 Å². The molecule has 1 heterocycles. The lowest BCUT2D eigenvalue weighted by molar-refractivity contribution is -0.133. The summed E-state index contributed by atoms with van der Waals surface area (Å²) in [4.78, 5) is 19.8. The van der Waals surface area contributed by atoms with Crippen LogP contribution < -0.4 is 0 Å². The number of likely N-dealkylation sites (N-methyl/N-ethyl adjacent to an activating group) is 1. The molecular weight excluding hydrogens is 358 g/mol. The van der Waals surface area contributed by atoms with Crippen molar-refractivity contribution in [3.8, 4) is 11.4 Å². The second kappa shape index (κ2) is 7.73. The maximum Gasteiger partial charge on any atom is 0.242 e. The van der Waals surface area contributed by atoms with E-state index >= 15 is 0 Å². The van der Waals surface area contributed by atoms with Crippen LogP contribution in [0.2, 0.25) is 5.02 Å². The lowest BCUT2D eigenvalue weighted by Gasteiger charge is -2.31. The van der Waals surface area contributed by atoms with E-state index in [9.17, 15) is 4.79 Å². The van der Waals surface area contributed by atoms with Crippen LogP contribution in [0.1, 0.15) is 32.1 Å². The first-order chi connectivity index (χ1) is 13.1. The predicted octanol–water partition coefficient (Wildman–Crippen LogP) is 5.15. The molecule has 0 unspecified atom stereocenters. The number of carbonyl (C=O) groups is 1. The maximum atomic E-state index is 13.0. The van der Waals surface area contributed by atoms with Gasteiger partial charge in [-0.05, 0) is 49.2 Å². The third-order valence-electron chi connectivity index (χ3n) is 5.57. The number of fused-ring (bicyclic) bond motifs is 1. The average molecular weight is 382 g/mol. The summed E-state index contributed by atoms with van der Waals surface area (Å²) in [7, 11) is 1.94. The van der Waals surface area contributed by atoms with Crippen LogP contribution in [0, 0.1) is 0 Å². The van der Waals surface area contributed by atoms with Gasteiger partial charge >= 0.3 is 0 Å². The number of amides is 1. The number of carbonyl (C=O) groups excluding carboxylic acids is 1. The summed E-state index contributed by atoms with van der Waals surface area (Å²) in [5.41, 5.74) is 2.84. The van der Waals surface area contributed by atoms with Gasteiger partial charge in [0.1, 0.15) is 12.4 Å². The number of aromatic nitrogens is 2. The van der Waals surface area contributed by atoms with Gasteiger partial charge < -0.3 is 9.47 Å². The molecule has 0 atom stereocenters. The van der Waals surface area contributed by atoms with E-state index in [1.54, 1.807) is 0 Å². The van der Waals surface area contributed by atoms with Gasteiger partial charge in [-0.25, -0.2) is 4.98 Å². The summed E-state index contributed by atoms with van der Waals surface area (Å²) < 4.78 is 2.03. The van der Waals surface area contributed by atoms with Gasteiger partial charge in [-0.1, -0.05) is 43.0 Å². The monoisotopic (exact) mass is 381 g/mol. The fraction of sp³-hybridized carbons (Fsp3) is 0.364. The SMILES string of the molecule is CN(C(=O)Cn1c(-c2ccc(Cl)cc2)nc2ccccc21)C1CCCCC1. The van der Waals surface area contributed by atoms with Crippen molar-refractivity contribution in [1.29, 1.82) is 0 Å². The molecule has 1 aliphatic carbocycles. The normalized spacial score (nSPS) is 15.2. The molecule has 4 nitrogen and oxygen atoms in total. The van der Waals surface area contributed by atoms with Gasteiger partial charge in [0.25, 0.3) is 0 Å². The molecule has 0 aliphatic heterocycles. The highest BCUT2D eigenvalue weighted by molar-refractivity contribution is 6.30. The molecule has 0 N–H and O–H groups in total. The molecule has 1 fully saturated rings. The van der Waals surface area contributed by atoms with Gasteiger partial charge in [-0.3, -0.25) is 4.79 Å². The summed E-state index contributed by atoms with van der Waals surface area (Å²) in [6.07, 6.45) is 5.93. The minimum Gasteiger partial charge on any atom is -0.341 e. The number of rotatable bonds is 4. The highest BCUT2D eigenvalue weighted by Crippen LogP contribution is 2.27. The third-order valence-corrected chi connectivity index (χ3v) is 5.82. The van der Waals surface area contributed by atoms with Crippen molar-refractivity contribution >= 4 is 28.5 Å². The summed E-state index contributed by atoms with van der Waals surface area (Å²) in [5, 5.41) is 0.689. The first-order valence-electron chi connectivity index (χ1n) is 9.60. The molecule has 140 valence electrons. The zero-order valence-electron chi connectivity index (χ0n) is 15.6. The van der Waals surface area contributed by atoms with Gasteiger partial charge in [0.15, 0.2) is 0 Å². The van der Waals surface area contributed by atoms with E-state index in [4.69, 9.17) is 16.6 Å². The predicted molar refractivity (Wildman–Crippen MR) is 110 cm³/mol. The summed E-state index contributed by atoms with van der Waals surface area (Å²) in [6, 6.07) is 16.0. The molecule has 0 radical (unpaired) electrons. The zero-order chi connectivity index (χ0) is 18.8. The number of imidazole rings is 1. The molecule has 1 aromatic heterocycles. The molecule has 0 spiro atoms. The second-order valence-corrected chi connectivity index (χ2v) is 7.75. The molecule has 1 saturated carbocycles. The van der Waals surface area contributed by atoms with Crippen LogP contribution in [0.3, 0.4) is 0 Å². The number of hydrogen-bond donors (Lipinski definition) is 0. The molecule has 27 heavy (non-hydrogen) atoms. The summed E-state index contributed by atoms with van der Waals surface area (Å²) >= 11 is 6.04. The zero-order valence-corrected chi connectivity index (χ0v) is 16.3. The Morgan fingerprint density at radius 1 is 1.11 bits per heavy atom. The lowest BCUT2D eigenvalue weighted by Crippen LogP contribution is -2.40. The van der Waals surface area contributed by atoms with E-state index in [1.807, 2.05) is 65.0 Å². The van der Waals surface area contributed by atoms with Crippen molar-refractivity contribution in [1.82, 2.24) is 14.5 Å². The number of benzene rings is 2. The first kappa shape index (κ1) is 18.1. The highest BCUT2D eigenvalue weighted by Gasteiger charge is 2.23. The van der Waals surface area contributed by atoms with E-state index in [-0.39, 0.29) is 5.91 Å². The Balaban J connectivity index is 1.68. The van der Waals surface area contributed by atoms with Crippen molar-refractivity contribution in [2.45, 2.75) is 44.7 Å².